The van der Waals surface area contributed by atoms with E-state index >= 15 is 0 Å². The fourth-order valence-electron chi connectivity index (χ4n) is 0.937. The molecule has 0 bridgehead atoms. The fraction of sp³-hybridized carbons (Fsp3) is 0.182. The van der Waals surface area contributed by atoms with Gasteiger partial charge in [0, 0.05) is 5.56 Å². The lowest BCUT2D eigenvalue weighted by Crippen LogP contribution is -1.90. The molecule has 1 aromatic carbocycles. The molecule has 1 N–H and O–H groups in total. The van der Waals surface area contributed by atoms with Crippen molar-refractivity contribution in [3.8, 4) is 11.8 Å². The van der Waals surface area contributed by atoms with Gasteiger partial charge in [0.1, 0.15) is 6.42 Å². The number of carboxylic acid groups (broad SMARTS) is 1. The topological polar surface area (TPSA) is 37.3 Å². The minimum Gasteiger partial charge on any atom is -0.481 e. The molecule has 2 nitrogen and oxygen atoms in total. The zero-order valence-electron chi connectivity index (χ0n) is 7.67. The second-order valence-electron chi connectivity index (χ2n) is 2.86. The molecule has 72 valence electrons. The molecule has 0 aromatic heterocycles. The van der Waals surface area contributed by atoms with E-state index in [2.05, 4.69) is 11.8 Å². The smallest absolute Gasteiger partial charge is 0.315 e. The molecule has 0 spiro atoms. The zero-order chi connectivity index (χ0) is 10.6. The molecule has 0 heterocycles. The lowest BCUT2D eigenvalue weighted by Gasteiger charge is -1.96. The molecule has 0 amide bonds. The maximum atomic E-state index is 10.2. The van der Waals surface area contributed by atoms with Gasteiger partial charge in [-0.3, -0.25) is 4.79 Å². The number of carboxylic acids is 1. The first kappa shape index (κ1) is 10.6. The number of hydrogen-bond acceptors (Lipinski definition) is 1. The third-order valence-corrected chi connectivity index (χ3v) is 1.90. The van der Waals surface area contributed by atoms with Gasteiger partial charge in [-0.2, -0.15) is 0 Å². The minimum atomic E-state index is -0.930. The fourth-order valence-corrected chi connectivity index (χ4v) is 1.22. The van der Waals surface area contributed by atoms with Crippen molar-refractivity contribution in [1.82, 2.24) is 0 Å². The van der Waals surface area contributed by atoms with E-state index in [1.165, 1.54) is 0 Å². The molecule has 1 aromatic rings. The number of carbonyl (C=O) groups is 1. The van der Waals surface area contributed by atoms with Crippen LogP contribution in [0.3, 0.4) is 0 Å². The lowest BCUT2D eigenvalue weighted by molar-refractivity contribution is -0.135. The van der Waals surface area contributed by atoms with Gasteiger partial charge in [-0.05, 0) is 24.6 Å². The molecule has 0 unspecified atom stereocenters. The van der Waals surface area contributed by atoms with E-state index in [1.807, 2.05) is 13.0 Å². The summed E-state index contributed by atoms with van der Waals surface area (Å²) in [5.41, 5.74) is 1.72. The van der Waals surface area contributed by atoms with Crippen LogP contribution in [0.1, 0.15) is 17.5 Å². The van der Waals surface area contributed by atoms with Crippen LogP contribution in [0.4, 0.5) is 0 Å². The van der Waals surface area contributed by atoms with Gasteiger partial charge in [-0.1, -0.05) is 29.5 Å². The predicted octanol–water partition coefficient (Wildman–Crippen LogP) is 2.47. The largest absolute Gasteiger partial charge is 0.481 e. The highest BCUT2D eigenvalue weighted by Gasteiger charge is 1.96. The average molecular weight is 209 g/mol. The summed E-state index contributed by atoms with van der Waals surface area (Å²) in [6.07, 6.45) is -0.162. The molecule has 0 aliphatic carbocycles. The van der Waals surface area contributed by atoms with Gasteiger partial charge in [0.05, 0.1) is 5.02 Å². The highest BCUT2D eigenvalue weighted by molar-refractivity contribution is 6.31. The Bertz CT molecular complexity index is 413. The van der Waals surface area contributed by atoms with Crippen LogP contribution < -0.4 is 0 Å². The Morgan fingerprint density at radius 3 is 2.86 bits per heavy atom. The van der Waals surface area contributed by atoms with E-state index in [0.29, 0.717) is 10.6 Å². The van der Waals surface area contributed by atoms with Gasteiger partial charge in [-0.25, -0.2) is 0 Å². The standard InChI is InChI=1S/C11H9ClO2/c1-8-5-6-9(10(12)7-8)3-2-4-11(13)14/h5-7H,4H2,1H3,(H,13,14). The Labute approximate surface area is 87.5 Å². The van der Waals surface area contributed by atoms with Crippen LogP contribution in [0.25, 0.3) is 0 Å². The van der Waals surface area contributed by atoms with E-state index in [0.717, 1.165) is 5.56 Å². The third kappa shape index (κ3) is 3.12. The maximum absolute atomic E-state index is 10.2. The first-order chi connectivity index (χ1) is 6.59. The Morgan fingerprint density at radius 2 is 2.29 bits per heavy atom. The van der Waals surface area contributed by atoms with Crippen LogP contribution in [-0.4, -0.2) is 11.1 Å². The Morgan fingerprint density at radius 1 is 1.57 bits per heavy atom. The molecule has 0 fully saturated rings. The molecule has 0 saturated heterocycles. The first-order valence-electron chi connectivity index (χ1n) is 4.06. The Kier molecular flexibility index (Phi) is 3.55. The Hall–Kier alpha value is -1.46. The van der Waals surface area contributed by atoms with E-state index < -0.39 is 5.97 Å². The van der Waals surface area contributed by atoms with Crippen LogP contribution in [0.15, 0.2) is 18.2 Å². The Balaban J connectivity index is 2.85. The van der Waals surface area contributed by atoms with Crippen molar-refractivity contribution in [1.29, 1.82) is 0 Å². The van der Waals surface area contributed by atoms with Crippen molar-refractivity contribution in [2.45, 2.75) is 13.3 Å². The van der Waals surface area contributed by atoms with Crippen molar-refractivity contribution < 1.29 is 9.90 Å². The van der Waals surface area contributed by atoms with E-state index in [9.17, 15) is 4.79 Å². The number of aryl methyl sites for hydroxylation is 1. The molecule has 1 rings (SSSR count). The third-order valence-electron chi connectivity index (χ3n) is 1.59. The molecule has 0 aliphatic rings. The van der Waals surface area contributed by atoms with Crippen molar-refractivity contribution in [3.63, 3.8) is 0 Å². The van der Waals surface area contributed by atoms with Gasteiger partial charge in [0.2, 0.25) is 0 Å². The molecular weight excluding hydrogens is 200 g/mol. The summed E-state index contributed by atoms with van der Waals surface area (Å²) in [6, 6.07) is 5.47. The van der Waals surface area contributed by atoms with Crippen LogP contribution in [0.2, 0.25) is 5.02 Å². The number of hydrogen-bond donors (Lipinski definition) is 1. The molecular formula is C11H9ClO2. The highest BCUT2D eigenvalue weighted by atomic mass is 35.5. The average Bonchev–Trinajstić information content (AvgIpc) is 2.08. The second kappa shape index (κ2) is 4.69. The molecule has 0 saturated carbocycles. The molecule has 3 heteroatoms. The number of rotatable bonds is 1. The summed E-state index contributed by atoms with van der Waals surface area (Å²) in [5, 5.41) is 8.93. The summed E-state index contributed by atoms with van der Waals surface area (Å²) in [5.74, 6) is 4.31. The second-order valence-corrected chi connectivity index (χ2v) is 3.26. The summed E-state index contributed by atoms with van der Waals surface area (Å²) in [4.78, 5) is 10.2. The molecule has 0 aliphatic heterocycles. The van der Waals surface area contributed by atoms with E-state index in [1.54, 1.807) is 12.1 Å². The molecule has 0 radical (unpaired) electrons. The zero-order valence-corrected chi connectivity index (χ0v) is 8.43. The van der Waals surface area contributed by atoms with Crippen molar-refractivity contribution in [2.24, 2.45) is 0 Å². The van der Waals surface area contributed by atoms with E-state index in [4.69, 9.17) is 16.7 Å². The highest BCUT2D eigenvalue weighted by Crippen LogP contribution is 2.16. The molecule has 14 heavy (non-hydrogen) atoms. The maximum Gasteiger partial charge on any atom is 0.315 e. The SMILES string of the molecule is Cc1ccc(C#CCC(=O)O)c(Cl)c1. The number of aliphatic carboxylic acids is 1. The summed E-state index contributed by atoms with van der Waals surface area (Å²) in [7, 11) is 0. The predicted molar refractivity (Wildman–Crippen MR) is 55.3 cm³/mol. The van der Waals surface area contributed by atoms with Gasteiger partial charge in [-0.15, -0.1) is 0 Å². The quantitative estimate of drug-likeness (QED) is 0.720. The van der Waals surface area contributed by atoms with Crippen LogP contribution in [-0.2, 0) is 4.79 Å². The first-order valence-corrected chi connectivity index (χ1v) is 4.44. The number of halogens is 1. The van der Waals surface area contributed by atoms with Gasteiger partial charge >= 0.3 is 5.97 Å². The minimum absolute atomic E-state index is 0.162. The van der Waals surface area contributed by atoms with Gasteiger partial charge in [0.25, 0.3) is 0 Å². The van der Waals surface area contributed by atoms with Crippen molar-refractivity contribution in [3.05, 3.63) is 34.3 Å². The van der Waals surface area contributed by atoms with Crippen LogP contribution >= 0.6 is 11.6 Å². The van der Waals surface area contributed by atoms with Crippen LogP contribution in [0.5, 0.6) is 0 Å². The number of benzene rings is 1. The summed E-state index contributed by atoms with van der Waals surface area (Å²) >= 11 is 5.89. The summed E-state index contributed by atoms with van der Waals surface area (Å²) in [6.45, 7) is 1.93. The van der Waals surface area contributed by atoms with Crippen LogP contribution in [0, 0.1) is 18.8 Å². The van der Waals surface area contributed by atoms with Gasteiger partial charge in [0.15, 0.2) is 0 Å². The lowest BCUT2D eigenvalue weighted by atomic mass is 10.1. The van der Waals surface area contributed by atoms with Gasteiger partial charge < -0.3 is 5.11 Å². The summed E-state index contributed by atoms with van der Waals surface area (Å²) < 4.78 is 0. The van der Waals surface area contributed by atoms with Crippen molar-refractivity contribution in [2.75, 3.05) is 0 Å². The van der Waals surface area contributed by atoms with E-state index in [-0.39, 0.29) is 6.42 Å². The molecule has 0 atom stereocenters. The normalized spacial score (nSPS) is 9.00. The monoisotopic (exact) mass is 208 g/mol. The van der Waals surface area contributed by atoms with Crippen molar-refractivity contribution >= 4 is 17.6 Å².